The van der Waals surface area contributed by atoms with Crippen molar-refractivity contribution in [2.75, 3.05) is 12.0 Å². The van der Waals surface area contributed by atoms with Gasteiger partial charge in [-0.1, -0.05) is 29.8 Å². The fourth-order valence-corrected chi connectivity index (χ4v) is 2.18. The van der Waals surface area contributed by atoms with Crippen molar-refractivity contribution in [2.45, 2.75) is 27.7 Å². The summed E-state index contributed by atoms with van der Waals surface area (Å²) in [6.45, 7) is 8.10. The summed E-state index contributed by atoms with van der Waals surface area (Å²) < 4.78 is 5.58. The van der Waals surface area contributed by atoms with Crippen molar-refractivity contribution in [1.29, 1.82) is 0 Å². The molecule has 2 amide bonds. The van der Waals surface area contributed by atoms with E-state index in [1.165, 1.54) is 5.56 Å². The lowest BCUT2D eigenvalue weighted by Crippen LogP contribution is -2.32. The van der Waals surface area contributed by atoms with Crippen LogP contribution < -0.4 is 15.4 Å². The molecule has 0 aliphatic carbocycles. The first-order valence-electron chi connectivity index (χ1n) is 7.28. The van der Waals surface area contributed by atoms with E-state index in [4.69, 9.17) is 4.74 Å². The molecule has 0 saturated heterocycles. The van der Waals surface area contributed by atoms with Crippen LogP contribution in [0.15, 0.2) is 36.4 Å². The highest BCUT2D eigenvalue weighted by atomic mass is 16.5. The van der Waals surface area contributed by atoms with Crippen LogP contribution in [0, 0.1) is 27.7 Å². The third-order valence-corrected chi connectivity index (χ3v) is 3.43. The molecule has 2 N–H and O–H groups in total. The first-order valence-corrected chi connectivity index (χ1v) is 7.28. The molecule has 4 nitrogen and oxygen atoms in total. The summed E-state index contributed by atoms with van der Waals surface area (Å²) in [6, 6.07) is 11.6. The minimum Gasteiger partial charge on any atom is -0.473 e. The fraction of sp³-hybridized carbons (Fsp3) is 0.278. The van der Waals surface area contributed by atoms with Crippen molar-refractivity contribution < 1.29 is 9.53 Å². The molecule has 0 fully saturated rings. The molecule has 0 heterocycles. The summed E-state index contributed by atoms with van der Waals surface area (Å²) in [6.07, 6.45) is 0. The van der Waals surface area contributed by atoms with E-state index in [1.54, 1.807) is 0 Å². The minimum atomic E-state index is -0.279. The smallest absolute Gasteiger partial charge is 0.321 e. The lowest BCUT2D eigenvalue weighted by Gasteiger charge is -2.13. The van der Waals surface area contributed by atoms with Gasteiger partial charge < -0.3 is 15.4 Å². The van der Waals surface area contributed by atoms with Gasteiger partial charge in [0.05, 0.1) is 0 Å². The van der Waals surface area contributed by atoms with E-state index in [0.29, 0.717) is 0 Å². The number of nitrogens with one attached hydrogen (secondary N) is 2. The number of ether oxygens (including phenoxy) is 1. The van der Waals surface area contributed by atoms with Crippen molar-refractivity contribution in [2.24, 2.45) is 0 Å². The molecule has 0 unspecified atom stereocenters. The lowest BCUT2D eigenvalue weighted by atomic mass is 10.1. The number of hydrogen-bond donors (Lipinski definition) is 2. The summed E-state index contributed by atoms with van der Waals surface area (Å²) >= 11 is 0. The molecule has 0 aliphatic rings. The Morgan fingerprint density at radius 1 is 0.955 bits per heavy atom. The Bertz CT molecular complexity index is 681. The van der Waals surface area contributed by atoms with E-state index in [2.05, 4.69) is 10.6 Å². The van der Waals surface area contributed by atoms with Gasteiger partial charge in [-0.25, -0.2) is 4.79 Å². The van der Waals surface area contributed by atoms with Crippen LogP contribution in [0.25, 0.3) is 0 Å². The van der Waals surface area contributed by atoms with E-state index in [9.17, 15) is 4.79 Å². The Labute approximate surface area is 131 Å². The third kappa shape index (κ3) is 4.25. The number of benzene rings is 2. The average Bonchev–Trinajstić information content (AvgIpc) is 2.45. The standard InChI is InChI=1S/C18H22N2O2/c1-12-6-8-17(15(4)9-12)22-11-19-18(21)20-16-10-13(2)5-7-14(16)3/h5-10H,11H2,1-4H3,(H2,19,20,21). The van der Waals surface area contributed by atoms with Gasteiger partial charge in [0.25, 0.3) is 0 Å². The van der Waals surface area contributed by atoms with Gasteiger partial charge in [0.15, 0.2) is 6.73 Å². The van der Waals surface area contributed by atoms with Crippen LogP contribution in [0.5, 0.6) is 5.75 Å². The lowest BCUT2D eigenvalue weighted by molar-refractivity contribution is 0.234. The van der Waals surface area contributed by atoms with Gasteiger partial charge in [-0.2, -0.15) is 0 Å². The van der Waals surface area contributed by atoms with E-state index >= 15 is 0 Å². The first-order chi connectivity index (χ1) is 10.5. The Morgan fingerprint density at radius 2 is 1.64 bits per heavy atom. The molecule has 0 atom stereocenters. The molecule has 4 heteroatoms. The van der Waals surface area contributed by atoms with Gasteiger partial charge in [0.1, 0.15) is 5.75 Å². The predicted molar refractivity (Wildman–Crippen MR) is 89.5 cm³/mol. The van der Waals surface area contributed by atoms with E-state index in [-0.39, 0.29) is 12.8 Å². The van der Waals surface area contributed by atoms with Crippen LogP contribution in [-0.4, -0.2) is 12.8 Å². The number of amides is 2. The van der Waals surface area contributed by atoms with Crippen molar-refractivity contribution >= 4 is 11.7 Å². The van der Waals surface area contributed by atoms with Crippen molar-refractivity contribution in [3.05, 3.63) is 58.7 Å². The highest BCUT2D eigenvalue weighted by Gasteiger charge is 2.05. The Morgan fingerprint density at radius 3 is 2.36 bits per heavy atom. The van der Waals surface area contributed by atoms with Crippen LogP contribution in [0.3, 0.4) is 0 Å². The summed E-state index contributed by atoms with van der Waals surface area (Å²) in [5, 5.41) is 5.53. The van der Waals surface area contributed by atoms with Crippen molar-refractivity contribution in [3.63, 3.8) is 0 Å². The highest BCUT2D eigenvalue weighted by Crippen LogP contribution is 2.18. The first kappa shape index (κ1) is 15.9. The molecule has 2 aromatic carbocycles. The zero-order valence-corrected chi connectivity index (χ0v) is 13.5. The number of anilines is 1. The number of hydrogen-bond acceptors (Lipinski definition) is 2. The minimum absolute atomic E-state index is 0.126. The number of carbonyl (C=O) groups excluding carboxylic acids is 1. The van der Waals surface area contributed by atoms with E-state index < -0.39 is 0 Å². The van der Waals surface area contributed by atoms with Crippen LogP contribution in [0.2, 0.25) is 0 Å². The molecule has 0 bridgehead atoms. The molecule has 2 aromatic rings. The van der Waals surface area contributed by atoms with Gasteiger partial charge in [0.2, 0.25) is 0 Å². The second kappa shape index (κ2) is 6.98. The average molecular weight is 298 g/mol. The molecule has 116 valence electrons. The van der Waals surface area contributed by atoms with Crippen LogP contribution >= 0.6 is 0 Å². The summed E-state index contributed by atoms with van der Waals surface area (Å²) in [5.41, 5.74) is 5.18. The number of rotatable bonds is 4. The van der Waals surface area contributed by atoms with Crippen molar-refractivity contribution in [1.82, 2.24) is 5.32 Å². The maximum absolute atomic E-state index is 11.9. The molecule has 0 aromatic heterocycles. The SMILES string of the molecule is Cc1ccc(OCNC(=O)Nc2cc(C)ccc2C)c(C)c1. The second-order valence-corrected chi connectivity index (χ2v) is 5.51. The van der Waals surface area contributed by atoms with Gasteiger partial charge in [-0.05, 0) is 56.5 Å². The van der Waals surface area contributed by atoms with Gasteiger partial charge in [0, 0.05) is 5.69 Å². The maximum Gasteiger partial charge on any atom is 0.321 e. The quantitative estimate of drug-likeness (QED) is 0.836. The van der Waals surface area contributed by atoms with Crippen molar-refractivity contribution in [3.8, 4) is 5.75 Å². The van der Waals surface area contributed by atoms with Gasteiger partial charge in [-0.3, -0.25) is 0 Å². The predicted octanol–water partition coefficient (Wildman–Crippen LogP) is 4.08. The third-order valence-electron chi connectivity index (χ3n) is 3.43. The largest absolute Gasteiger partial charge is 0.473 e. The van der Waals surface area contributed by atoms with Gasteiger partial charge >= 0.3 is 6.03 Å². The van der Waals surface area contributed by atoms with E-state index in [1.807, 2.05) is 64.1 Å². The molecule has 0 aliphatic heterocycles. The molecule has 22 heavy (non-hydrogen) atoms. The van der Waals surface area contributed by atoms with Crippen LogP contribution in [0.1, 0.15) is 22.3 Å². The van der Waals surface area contributed by atoms with E-state index in [0.717, 1.165) is 28.1 Å². The van der Waals surface area contributed by atoms with Crippen LogP contribution in [-0.2, 0) is 0 Å². The van der Waals surface area contributed by atoms with Crippen LogP contribution in [0.4, 0.5) is 10.5 Å². The Balaban J connectivity index is 1.86. The molecule has 2 rings (SSSR count). The Hall–Kier alpha value is -2.49. The fourth-order valence-electron chi connectivity index (χ4n) is 2.18. The summed E-state index contributed by atoms with van der Waals surface area (Å²) in [5.74, 6) is 0.776. The number of carbonyl (C=O) groups is 1. The molecule has 0 radical (unpaired) electrons. The van der Waals surface area contributed by atoms with Gasteiger partial charge in [-0.15, -0.1) is 0 Å². The molecule has 0 saturated carbocycles. The molecular weight excluding hydrogens is 276 g/mol. The zero-order valence-electron chi connectivity index (χ0n) is 13.5. The molecular formula is C18H22N2O2. The topological polar surface area (TPSA) is 50.4 Å². The highest BCUT2D eigenvalue weighted by molar-refractivity contribution is 5.90. The monoisotopic (exact) mass is 298 g/mol. The second-order valence-electron chi connectivity index (χ2n) is 5.51. The molecule has 0 spiro atoms. The normalized spacial score (nSPS) is 10.2. The Kier molecular flexibility index (Phi) is 5.04. The summed E-state index contributed by atoms with van der Waals surface area (Å²) in [7, 11) is 0. The number of urea groups is 1. The number of aryl methyl sites for hydroxylation is 4. The zero-order chi connectivity index (χ0) is 16.1. The maximum atomic E-state index is 11.9. The summed E-state index contributed by atoms with van der Waals surface area (Å²) in [4.78, 5) is 11.9.